The van der Waals surface area contributed by atoms with E-state index in [1.54, 1.807) is 48.5 Å². The minimum atomic E-state index is -4.93. The summed E-state index contributed by atoms with van der Waals surface area (Å²) in [6.45, 7) is 0. The zero-order chi connectivity index (χ0) is 37.4. The van der Waals surface area contributed by atoms with Crippen LogP contribution in [-0.4, -0.2) is 55.0 Å². The van der Waals surface area contributed by atoms with Gasteiger partial charge in [0, 0.05) is 32.5 Å². The fraction of sp³-hybridized carbons (Fsp3) is 0. The van der Waals surface area contributed by atoms with Crippen LogP contribution >= 0.6 is 23.2 Å². The van der Waals surface area contributed by atoms with Crippen molar-refractivity contribution in [2.24, 2.45) is 10.2 Å². The Labute approximate surface area is 305 Å². The highest BCUT2D eigenvalue weighted by Crippen LogP contribution is 2.30. The van der Waals surface area contributed by atoms with Crippen molar-refractivity contribution < 1.29 is 40.3 Å². The van der Waals surface area contributed by atoms with Gasteiger partial charge in [-0.3, -0.25) is 29.5 Å². The van der Waals surface area contributed by atoms with Crippen LogP contribution in [0.5, 0.6) is 0 Å². The number of carbonyl (C=O) groups excluding carboxylic acids is 3. The molecule has 4 aromatic carbocycles. The number of Topliss-reactive ketones (excluding diaryl/α,β-unsaturated/α-hetero) is 2. The lowest BCUT2D eigenvalue weighted by molar-refractivity contribution is 0.105. The molecule has 6 rings (SSSR count). The summed E-state index contributed by atoms with van der Waals surface area (Å²) in [7, 11) is -9.87. The minimum absolute atomic E-state index is 0.0297. The number of allylic oxidation sites excluding steroid dienone is 2. The number of hydrogen-bond acceptors (Lipinski definition) is 11. The van der Waals surface area contributed by atoms with Crippen molar-refractivity contribution in [2.45, 2.75) is 0 Å². The van der Waals surface area contributed by atoms with Gasteiger partial charge in [-0.2, -0.15) is 27.0 Å². The number of ketones is 2. The third kappa shape index (κ3) is 7.94. The molecule has 0 radical (unpaired) electrons. The Balaban J connectivity index is 1.21. The maximum absolute atomic E-state index is 13.3. The van der Waals surface area contributed by atoms with Crippen LogP contribution in [0, 0.1) is 0 Å². The van der Waals surface area contributed by atoms with Crippen molar-refractivity contribution in [2.75, 3.05) is 21.5 Å². The van der Waals surface area contributed by atoms with Crippen molar-refractivity contribution in [3.05, 3.63) is 127 Å². The number of amides is 2. The molecule has 2 aliphatic rings. The van der Waals surface area contributed by atoms with Gasteiger partial charge in [0.15, 0.2) is 11.4 Å². The molecule has 2 amide bonds. The number of nitrogens with one attached hydrogen (secondary N) is 4. The lowest BCUT2D eigenvalue weighted by Crippen LogP contribution is -2.27. The number of anilines is 4. The first-order valence-corrected chi connectivity index (χ1v) is 18.2. The maximum Gasteiger partial charge on any atom is 0.323 e. The lowest BCUT2D eigenvalue weighted by atomic mass is 9.94. The molecule has 15 nitrogen and oxygen atoms in total. The van der Waals surface area contributed by atoms with Crippen LogP contribution in [0.15, 0.2) is 105 Å². The second-order valence-electron chi connectivity index (χ2n) is 11.0. The van der Waals surface area contributed by atoms with Crippen LogP contribution < -0.4 is 21.5 Å². The van der Waals surface area contributed by atoms with Crippen molar-refractivity contribution >= 4 is 107 Å². The molecule has 6 N–H and O–H groups in total. The van der Waals surface area contributed by atoms with Gasteiger partial charge in [-0.1, -0.05) is 23.2 Å². The Kier molecular flexibility index (Phi) is 9.82. The Hall–Kier alpha value is -5.69. The predicted octanol–water partition coefficient (Wildman–Crippen LogP) is 6.42. The van der Waals surface area contributed by atoms with E-state index in [0.29, 0.717) is 21.4 Å². The number of halogens is 2. The summed E-state index contributed by atoms with van der Waals surface area (Å²) in [5.41, 5.74) is 5.15. The summed E-state index contributed by atoms with van der Waals surface area (Å²) in [5.74, 6) is -1.64. The molecule has 0 fully saturated rings. The summed E-state index contributed by atoms with van der Waals surface area (Å²) < 4.78 is 68.7. The van der Waals surface area contributed by atoms with E-state index >= 15 is 0 Å². The number of rotatable bonds is 8. The molecule has 0 spiro atoms. The van der Waals surface area contributed by atoms with Gasteiger partial charge in [0.25, 0.3) is 20.2 Å². The van der Waals surface area contributed by atoms with Crippen molar-refractivity contribution in [3.8, 4) is 0 Å². The van der Waals surface area contributed by atoms with Crippen LogP contribution in [0.4, 0.5) is 27.5 Å². The van der Waals surface area contributed by atoms with Gasteiger partial charge in [-0.25, -0.2) is 4.79 Å². The maximum atomic E-state index is 13.3. The van der Waals surface area contributed by atoms with Crippen LogP contribution in [0.2, 0.25) is 10.0 Å². The first-order valence-electron chi connectivity index (χ1n) is 14.6. The quantitative estimate of drug-likeness (QED) is 0.0843. The Morgan fingerprint density at radius 3 is 1.25 bits per heavy atom. The monoisotopic (exact) mass is 780 g/mol. The van der Waals surface area contributed by atoms with Gasteiger partial charge in [0.2, 0.25) is 11.6 Å². The molecule has 2 aliphatic carbocycles. The van der Waals surface area contributed by atoms with E-state index in [0.717, 1.165) is 12.2 Å². The van der Waals surface area contributed by atoms with E-state index < -0.39 is 59.1 Å². The van der Waals surface area contributed by atoms with Gasteiger partial charge < -0.3 is 10.6 Å². The number of hydrogen-bond donors (Lipinski definition) is 6. The standard InChI is InChI=1S/C33H22Cl2N6O9S2/c34-19-1-5-21(6-2-19)38-40-29-27(51(45,46)47)15-17-13-23(9-11-25(17)31(29)42)36-33(44)37-24-10-12-26-18(14-24)16-28(52(48,49)50)30(32(26)43)41-39-22-7-3-20(35)4-8-22/h1-16,38-39H,(H2,36,37,44)(H,45,46,47)(H,48,49,50)/b40-29-,41-30-. The molecule has 0 saturated heterocycles. The van der Waals surface area contributed by atoms with E-state index in [9.17, 15) is 40.3 Å². The summed E-state index contributed by atoms with van der Waals surface area (Å²) in [6.07, 6.45) is 2.05. The summed E-state index contributed by atoms with van der Waals surface area (Å²) in [4.78, 5) is 38.0. The van der Waals surface area contributed by atoms with Gasteiger partial charge in [0.1, 0.15) is 9.81 Å². The number of urea groups is 1. The average Bonchev–Trinajstić information content (AvgIpc) is 3.07. The molecule has 0 aliphatic heterocycles. The van der Waals surface area contributed by atoms with Crippen molar-refractivity contribution in [3.63, 3.8) is 0 Å². The fourth-order valence-corrected chi connectivity index (χ4v) is 6.59. The third-order valence-electron chi connectivity index (χ3n) is 7.42. The molecule has 0 atom stereocenters. The van der Waals surface area contributed by atoms with E-state index in [4.69, 9.17) is 23.2 Å². The number of carbonyl (C=O) groups is 3. The zero-order valence-corrected chi connectivity index (χ0v) is 29.1. The second-order valence-corrected chi connectivity index (χ2v) is 14.6. The number of fused-ring (bicyclic) bond motifs is 2. The summed E-state index contributed by atoms with van der Waals surface area (Å²) >= 11 is 11.7. The van der Waals surface area contributed by atoms with E-state index in [2.05, 4.69) is 31.7 Å². The molecule has 4 aromatic rings. The van der Waals surface area contributed by atoms with Crippen LogP contribution in [0.1, 0.15) is 31.8 Å². The van der Waals surface area contributed by atoms with Gasteiger partial charge in [0.05, 0.1) is 11.4 Å². The summed E-state index contributed by atoms with van der Waals surface area (Å²) in [6, 6.07) is 19.5. The molecule has 0 saturated carbocycles. The van der Waals surface area contributed by atoms with Gasteiger partial charge in [-0.15, -0.1) is 0 Å². The molecular formula is C33H22Cl2N6O9S2. The zero-order valence-electron chi connectivity index (χ0n) is 26.0. The Morgan fingerprint density at radius 2 is 0.904 bits per heavy atom. The molecule has 19 heteroatoms. The Bertz CT molecular complexity index is 2360. The van der Waals surface area contributed by atoms with Crippen molar-refractivity contribution in [1.82, 2.24) is 0 Å². The number of nitrogens with zero attached hydrogens (tertiary/aromatic N) is 2. The molecule has 264 valence electrons. The van der Waals surface area contributed by atoms with Crippen LogP contribution in [0.3, 0.4) is 0 Å². The highest BCUT2D eigenvalue weighted by molar-refractivity contribution is 7.91. The second kappa shape index (κ2) is 14.1. The predicted molar refractivity (Wildman–Crippen MR) is 198 cm³/mol. The normalized spacial score (nSPS) is 15.7. The average molecular weight is 782 g/mol. The van der Waals surface area contributed by atoms with E-state index in [-0.39, 0.29) is 33.6 Å². The van der Waals surface area contributed by atoms with E-state index in [1.807, 2.05) is 0 Å². The molecule has 0 unspecified atom stereocenters. The molecule has 52 heavy (non-hydrogen) atoms. The highest BCUT2D eigenvalue weighted by atomic mass is 35.5. The molecular weight excluding hydrogens is 759 g/mol. The molecule has 0 heterocycles. The molecule has 0 aromatic heterocycles. The smallest absolute Gasteiger partial charge is 0.308 e. The van der Waals surface area contributed by atoms with Crippen LogP contribution in [-0.2, 0) is 20.2 Å². The Morgan fingerprint density at radius 1 is 0.558 bits per heavy atom. The number of hydrazone groups is 2. The van der Waals surface area contributed by atoms with Gasteiger partial charge in [-0.05, 0) is 108 Å². The van der Waals surface area contributed by atoms with Crippen molar-refractivity contribution in [1.29, 1.82) is 0 Å². The summed E-state index contributed by atoms with van der Waals surface area (Å²) in [5, 5.41) is 13.7. The SMILES string of the molecule is O=C(Nc1ccc2c(c1)C=C(S(=O)(=O)O)/C(=N/Nc1ccc(Cl)cc1)C2=O)Nc1ccc2c(c1)C=C(S(=O)(=O)O)/C(=N/Nc1ccc(Cl)cc1)C2=O. The first-order chi connectivity index (χ1) is 24.6. The third-order valence-corrected chi connectivity index (χ3v) is 9.65. The van der Waals surface area contributed by atoms with Crippen LogP contribution in [0.25, 0.3) is 12.2 Å². The topological polar surface area (TPSA) is 233 Å². The lowest BCUT2D eigenvalue weighted by Gasteiger charge is -2.18. The fourth-order valence-electron chi connectivity index (χ4n) is 5.02. The van der Waals surface area contributed by atoms with Gasteiger partial charge >= 0.3 is 6.03 Å². The number of benzene rings is 4. The highest BCUT2D eigenvalue weighted by Gasteiger charge is 2.34. The first kappa shape index (κ1) is 36.1. The minimum Gasteiger partial charge on any atom is -0.308 e. The molecule has 0 bridgehead atoms. The largest absolute Gasteiger partial charge is 0.323 e. The van der Waals surface area contributed by atoms with E-state index in [1.165, 1.54) is 36.4 Å².